The molecule has 0 aromatic carbocycles. The molecular formula is C14H21N5O. The van der Waals surface area contributed by atoms with E-state index in [1.807, 2.05) is 54.6 Å². The molecule has 6 heteroatoms. The minimum atomic E-state index is -0.0254. The van der Waals surface area contributed by atoms with E-state index in [1.165, 1.54) is 0 Å². The molecule has 0 bridgehead atoms. The third kappa shape index (κ3) is 2.91. The van der Waals surface area contributed by atoms with E-state index in [0.29, 0.717) is 6.54 Å². The molecule has 2 aromatic heterocycles. The van der Waals surface area contributed by atoms with Gasteiger partial charge in [0.25, 0.3) is 0 Å². The van der Waals surface area contributed by atoms with Crippen molar-refractivity contribution in [3.05, 3.63) is 30.1 Å². The summed E-state index contributed by atoms with van der Waals surface area (Å²) >= 11 is 0. The van der Waals surface area contributed by atoms with E-state index in [9.17, 15) is 4.79 Å². The molecule has 1 amide bonds. The van der Waals surface area contributed by atoms with Crippen LogP contribution in [0.5, 0.6) is 0 Å². The highest BCUT2D eigenvalue weighted by Gasteiger charge is 2.16. The number of amides is 1. The molecule has 2 heterocycles. The van der Waals surface area contributed by atoms with Gasteiger partial charge in [0.1, 0.15) is 5.65 Å². The number of aromatic nitrogens is 2. The Morgan fingerprint density at radius 3 is 2.90 bits per heavy atom. The molecule has 0 radical (unpaired) electrons. The van der Waals surface area contributed by atoms with E-state index in [4.69, 9.17) is 5.73 Å². The van der Waals surface area contributed by atoms with Gasteiger partial charge in [-0.05, 0) is 26.0 Å². The number of nitrogens with zero attached hydrogens (tertiary/aromatic N) is 3. The van der Waals surface area contributed by atoms with Crippen LogP contribution in [-0.4, -0.2) is 34.9 Å². The van der Waals surface area contributed by atoms with E-state index < -0.39 is 0 Å². The fourth-order valence-corrected chi connectivity index (χ4v) is 2.19. The first kappa shape index (κ1) is 14.3. The molecule has 20 heavy (non-hydrogen) atoms. The zero-order valence-electron chi connectivity index (χ0n) is 12.1. The molecule has 0 aliphatic carbocycles. The predicted octanol–water partition coefficient (Wildman–Crippen LogP) is 0.754. The van der Waals surface area contributed by atoms with Gasteiger partial charge in [-0.2, -0.15) is 0 Å². The maximum Gasteiger partial charge on any atom is 0.239 e. The lowest BCUT2D eigenvalue weighted by atomic mass is 10.3. The van der Waals surface area contributed by atoms with Crippen LogP contribution in [0.25, 0.3) is 5.65 Å². The molecule has 108 valence electrons. The van der Waals surface area contributed by atoms with Crippen LogP contribution in [0.2, 0.25) is 0 Å². The molecule has 0 aliphatic rings. The number of likely N-dealkylation sites (N-methyl/N-ethyl adjacent to an activating group) is 1. The normalized spacial score (nSPS) is 11.1. The van der Waals surface area contributed by atoms with Gasteiger partial charge in [-0.1, -0.05) is 6.07 Å². The van der Waals surface area contributed by atoms with Crippen molar-refractivity contribution in [1.82, 2.24) is 14.7 Å². The van der Waals surface area contributed by atoms with Gasteiger partial charge in [-0.3, -0.25) is 4.79 Å². The maximum atomic E-state index is 11.8. The average molecular weight is 275 g/mol. The Balaban J connectivity index is 2.25. The minimum Gasteiger partial charge on any atom is -0.352 e. The maximum absolute atomic E-state index is 11.8. The highest BCUT2D eigenvalue weighted by atomic mass is 16.2. The number of imidazole rings is 1. The van der Waals surface area contributed by atoms with E-state index in [0.717, 1.165) is 17.2 Å². The van der Waals surface area contributed by atoms with Crippen molar-refractivity contribution in [2.24, 2.45) is 5.73 Å². The van der Waals surface area contributed by atoms with Gasteiger partial charge < -0.3 is 20.4 Å². The lowest BCUT2D eigenvalue weighted by molar-refractivity contribution is -0.120. The molecule has 0 fully saturated rings. The number of nitrogens with one attached hydrogen (secondary N) is 1. The van der Waals surface area contributed by atoms with Crippen LogP contribution in [0.1, 0.15) is 19.5 Å². The Morgan fingerprint density at radius 2 is 2.25 bits per heavy atom. The van der Waals surface area contributed by atoms with E-state index in [1.54, 1.807) is 0 Å². The lowest BCUT2D eigenvalue weighted by Crippen LogP contribution is -2.39. The van der Waals surface area contributed by atoms with Crippen LogP contribution < -0.4 is 16.0 Å². The first-order valence-corrected chi connectivity index (χ1v) is 6.69. The van der Waals surface area contributed by atoms with E-state index in [-0.39, 0.29) is 18.5 Å². The Labute approximate surface area is 118 Å². The van der Waals surface area contributed by atoms with Crippen LogP contribution in [0, 0.1) is 0 Å². The fraction of sp³-hybridized carbons (Fsp3) is 0.429. The van der Waals surface area contributed by atoms with Crippen molar-refractivity contribution in [3.63, 3.8) is 0 Å². The largest absolute Gasteiger partial charge is 0.352 e. The topological polar surface area (TPSA) is 75.7 Å². The van der Waals surface area contributed by atoms with Gasteiger partial charge >= 0.3 is 0 Å². The number of fused-ring (bicyclic) bond motifs is 1. The van der Waals surface area contributed by atoms with Crippen LogP contribution in [0.4, 0.5) is 5.82 Å². The molecule has 2 rings (SSSR count). The van der Waals surface area contributed by atoms with Gasteiger partial charge in [0, 0.05) is 25.8 Å². The highest BCUT2D eigenvalue weighted by Crippen LogP contribution is 2.20. The smallest absolute Gasteiger partial charge is 0.239 e. The van der Waals surface area contributed by atoms with Gasteiger partial charge in [0.05, 0.1) is 12.2 Å². The van der Waals surface area contributed by atoms with Gasteiger partial charge in [-0.25, -0.2) is 4.98 Å². The molecule has 0 aliphatic heterocycles. The summed E-state index contributed by atoms with van der Waals surface area (Å²) < 4.78 is 1.95. The van der Waals surface area contributed by atoms with Gasteiger partial charge in [0.2, 0.25) is 5.91 Å². The summed E-state index contributed by atoms with van der Waals surface area (Å²) in [7, 11) is 1.85. The Kier molecular flexibility index (Phi) is 4.24. The minimum absolute atomic E-state index is 0.0254. The third-order valence-corrected chi connectivity index (χ3v) is 2.99. The Hall–Kier alpha value is -2.08. The van der Waals surface area contributed by atoms with Crippen LogP contribution >= 0.6 is 0 Å². The summed E-state index contributed by atoms with van der Waals surface area (Å²) in [4.78, 5) is 18.2. The Bertz CT molecular complexity index is 605. The number of nitrogens with two attached hydrogens (primary N) is 1. The van der Waals surface area contributed by atoms with Crippen molar-refractivity contribution in [3.8, 4) is 0 Å². The third-order valence-electron chi connectivity index (χ3n) is 2.99. The van der Waals surface area contributed by atoms with Crippen molar-refractivity contribution in [1.29, 1.82) is 0 Å². The zero-order chi connectivity index (χ0) is 14.7. The second kappa shape index (κ2) is 5.92. The monoisotopic (exact) mass is 275 g/mol. The van der Waals surface area contributed by atoms with Crippen molar-refractivity contribution < 1.29 is 4.79 Å². The molecule has 0 unspecified atom stereocenters. The Morgan fingerprint density at radius 1 is 1.50 bits per heavy atom. The number of anilines is 1. The quantitative estimate of drug-likeness (QED) is 0.844. The number of carbonyl (C=O) groups is 1. The molecule has 3 N–H and O–H groups in total. The molecule has 0 spiro atoms. The summed E-state index contributed by atoms with van der Waals surface area (Å²) in [6.45, 7) is 4.51. The lowest BCUT2D eigenvalue weighted by Gasteiger charge is -2.18. The first-order chi connectivity index (χ1) is 9.52. The summed E-state index contributed by atoms with van der Waals surface area (Å²) in [6, 6.07) is 5.91. The number of rotatable bonds is 5. The van der Waals surface area contributed by atoms with Crippen LogP contribution in [0.3, 0.4) is 0 Å². The van der Waals surface area contributed by atoms with Gasteiger partial charge in [-0.15, -0.1) is 0 Å². The van der Waals surface area contributed by atoms with Crippen molar-refractivity contribution in [2.45, 2.75) is 26.4 Å². The number of pyridine rings is 1. The average Bonchev–Trinajstić information content (AvgIpc) is 2.76. The molecular weight excluding hydrogens is 254 g/mol. The SMILES string of the molecule is CC(C)NC(=O)CN(C)c1nc2ccccn2c1CN. The highest BCUT2D eigenvalue weighted by molar-refractivity contribution is 5.81. The molecule has 0 atom stereocenters. The second-order valence-electron chi connectivity index (χ2n) is 5.09. The number of hydrogen-bond acceptors (Lipinski definition) is 4. The molecule has 0 saturated carbocycles. The van der Waals surface area contributed by atoms with Crippen molar-refractivity contribution in [2.75, 3.05) is 18.5 Å². The summed E-state index contributed by atoms with van der Waals surface area (Å²) in [5.74, 6) is 0.722. The first-order valence-electron chi connectivity index (χ1n) is 6.69. The number of hydrogen-bond donors (Lipinski definition) is 2. The van der Waals surface area contributed by atoms with Crippen LogP contribution in [0.15, 0.2) is 24.4 Å². The molecule has 6 nitrogen and oxygen atoms in total. The predicted molar refractivity (Wildman–Crippen MR) is 79.6 cm³/mol. The fourth-order valence-electron chi connectivity index (χ4n) is 2.19. The molecule has 0 saturated heterocycles. The summed E-state index contributed by atoms with van der Waals surface area (Å²) in [5, 5.41) is 2.87. The summed E-state index contributed by atoms with van der Waals surface area (Å²) in [6.07, 6.45) is 1.93. The van der Waals surface area contributed by atoms with Crippen molar-refractivity contribution >= 4 is 17.4 Å². The zero-order valence-corrected chi connectivity index (χ0v) is 12.1. The van der Waals surface area contributed by atoms with E-state index >= 15 is 0 Å². The van der Waals surface area contributed by atoms with E-state index in [2.05, 4.69) is 10.3 Å². The second-order valence-corrected chi connectivity index (χ2v) is 5.09. The number of carbonyl (C=O) groups excluding carboxylic acids is 1. The standard InChI is InChI=1S/C14H21N5O/c1-10(2)16-13(20)9-18(3)14-11(8-15)19-7-5-4-6-12(19)17-14/h4-7,10H,8-9,15H2,1-3H3,(H,16,20). The van der Waals surface area contributed by atoms with Gasteiger partial charge in [0.15, 0.2) is 5.82 Å². The molecule has 2 aromatic rings. The van der Waals surface area contributed by atoms with Crippen LogP contribution in [-0.2, 0) is 11.3 Å². The summed E-state index contributed by atoms with van der Waals surface area (Å²) in [5.41, 5.74) is 7.56.